The number of sulfonamides is 1. The number of hydrogen-bond acceptors (Lipinski definition) is 4. The van der Waals surface area contributed by atoms with Gasteiger partial charge in [0, 0.05) is 6.54 Å². The van der Waals surface area contributed by atoms with Gasteiger partial charge in [0.25, 0.3) is 0 Å². The Balaban J connectivity index is 2.52. The van der Waals surface area contributed by atoms with Gasteiger partial charge in [-0.15, -0.1) is 0 Å². The highest BCUT2D eigenvalue weighted by atomic mass is 32.2. The maximum Gasteiger partial charge on any atom is 0.242 e. The number of thioether (sulfide) groups is 1. The Kier molecular flexibility index (Phi) is 6.68. The van der Waals surface area contributed by atoms with E-state index in [1.165, 1.54) is 0 Å². The Morgan fingerprint density at radius 1 is 1.26 bits per heavy atom. The van der Waals surface area contributed by atoms with E-state index >= 15 is 0 Å². The summed E-state index contributed by atoms with van der Waals surface area (Å²) in [4.78, 5) is 0.169. The third kappa shape index (κ3) is 5.42. The molecule has 0 bridgehead atoms. The normalized spacial score (nSPS) is 11.7. The van der Waals surface area contributed by atoms with Crippen LogP contribution in [0.3, 0.4) is 0 Å². The number of unbranched alkanes of at least 4 members (excludes halogenated alkanes) is 2. The van der Waals surface area contributed by atoms with Crippen molar-refractivity contribution in [2.24, 2.45) is 0 Å². The molecule has 1 aromatic carbocycles. The predicted molar refractivity (Wildman–Crippen MR) is 83.0 cm³/mol. The van der Waals surface area contributed by atoms with Crippen molar-refractivity contribution >= 4 is 27.5 Å². The molecular weight excluding hydrogens is 280 g/mol. The first-order valence-electron chi connectivity index (χ1n) is 6.32. The maximum atomic E-state index is 12.1. The monoisotopic (exact) mass is 302 g/mol. The molecule has 3 N–H and O–H groups in total. The molecule has 1 aromatic rings. The maximum absolute atomic E-state index is 12.1. The highest BCUT2D eigenvalue weighted by Crippen LogP contribution is 2.19. The van der Waals surface area contributed by atoms with Gasteiger partial charge >= 0.3 is 0 Å². The molecule has 0 radical (unpaired) electrons. The highest BCUT2D eigenvalue weighted by molar-refractivity contribution is 7.98. The van der Waals surface area contributed by atoms with Gasteiger partial charge in [0.15, 0.2) is 0 Å². The molecule has 6 heteroatoms. The van der Waals surface area contributed by atoms with Crippen molar-refractivity contribution in [2.75, 3.05) is 24.3 Å². The van der Waals surface area contributed by atoms with Gasteiger partial charge in [-0.25, -0.2) is 13.1 Å². The molecule has 0 amide bonds. The average molecular weight is 302 g/mol. The van der Waals surface area contributed by atoms with Gasteiger partial charge in [-0.2, -0.15) is 11.8 Å². The van der Waals surface area contributed by atoms with Crippen molar-refractivity contribution in [3.05, 3.63) is 23.8 Å². The van der Waals surface area contributed by atoms with Crippen LogP contribution >= 0.6 is 11.8 Å². The summed E-state index contributed by atoms with van der Waals surface area (Å²) in [6.45, 7) is 2.34. The summed E-state index contributed by atoms with van der Waals surface area (Å²) in [6, 6.07) is 4.98. The van der Waals surface area contributed by atoms with Crippen LogP contribution in [-0.2, 0) is 10.0 Å². The van der Waals surface area contributed by atoms with Gasteiger partial charge in [0.2, 0.25) is 10.0 Å². The van der Waals surface area contributed by atoms with Gasteiger partial charge < -0.3 is 5.73 Å². The van der Waals surface area contributed by atoms with Crippen molar-refractivity contribution in [1.82, 2.24) is 4.72 Å². The van der Waals surface area contributed by atoms with E-state index in [-0.39, 0.29) is 4.90 Å². The first-order valence-corrected chi connectivity index (χ1v) is 9.20. The lowest BCUT2D eigenvalue weighted by Crippen LogP contribution is -2.25. The van der Waals surface area contributed by atoms with Gasteiger partial charge in [0.05, 0.1) is 5.69 Å². The number of nitrogen functional groups attached to an aromatic ring is 1. The summed E-state index contributed by atoms with van der Waals surface area (Å²) in [5, 5.41) is 0. The Morgan fingerprint density at radius 2 is 2.00 bits per heavy atom. The Bertz CT molecular complexity index is 501. The van der Waals surface area contributed by atoms with Crippen molar-refractivity contribution in [3.63, 3.8) is 0 Å². The van der Waals surface area contributed by atoms with Gasteiger partial charge in [-0.1, -0.05) is 12.5 Å². The third-order valence-electron chi connectivity index (χ3n) is 2.77. The zero-order valence-corrected chi connectivity index (χ0v) is 13.1. The molecule has 0 unspecified atom stereocenters. The van der Waals surface area contributed by atoms with Crippen LogP contribution in [0.25, 0.3) is 0 Å². The number of benzene rings is 1. The summed E-state index contributed by atoms with van der Waals surface area (Å²) < 4.78 is 26.7. The highest BCUT2D eigenvalue weighted by Gasteiger charge is 2.16. The molecule has 1 rings (SSSR count). The minimum Gasteiger partial charge on any atom is -0.398 e. The van der Waals surface area contributed by atoms with E-state index in [2.05, 4.69) is 11.0 Å². The lowest BCUT2D eigenvalue weighted by Gasteiger charge is -2.09. The van der Waals surface area contributed by atoms with Gasteiger partial charge in [-0.3, -0.25) is 0 Å². The molecule has 0 aliphatic rings. The molecule has 0 aromatic heterocycles. The average Bonchev–Trinajstić information content (AvgIpc) is 2.33. The van der Waals surface area contributed by atoms with Crippen molar-refractivity contribution in [1.29, 1.82) is 0 Å². The molecule has 0 spiro atoms. The Hall–Kier alpha value is -0.720. The van der Waals surface area contributed by atoms with E-state index in [9.17, 15) is 8.42 Å². The Labute approximate surface area is 120 Å². The van der Waals surface area contributed by atoms with Crippen molar-refractivity contribution in [2.45, 2.75) is 31.1 Å². The van der Waals surface area contributed by atoms with E-state index in [4.69, 9.17) is 5.73 Å². The first kappa shape index (κ1) is 16.3. The Morgan fingerprint density at radius 3 is 2.63 bits per heavy atom. The minimum absolute atomic E-state index is 0.169. The molecule has 19 heavy (non-hydrogen) atoms. The molecule has 0 saturated heterocycles. The van der Waals surface area contributed by atoms with E-state index in [1.807, 2.05) is 18.7 Å². The fourth-order valence-corrected chi connectivity index (χ4v) is 3.42. The number of nitrogens with one attached hydrogen (secondary N) is 1. The first-order chi connectivity index (χ1) is 8.97. The zero-order valence-electron chi connectivity index (χ0n) is 11.5. The van der Waals surface area contributed by atoms with Crippen LogP contribution in [0.1, 0.15) is 24.8 Å². The number of rotatable bonds is 8. The minimum atomic E-state index is -3.48. The molecule has 4 nitrogen and oxygen atoms in total. The standard InChI is InChI=1S/C13H22N2O2S2/c1-11-6-7-13(12(14)10-11)19(16,17)15-8-4-3-5-9-18-2/h6-7,10,15H,3-5,8-9,14H2,1-2H3. The van der Waals surface area contributed by atoms with Crippen LogP contribution in [0.15, 0.2) is 23.1 Å². The van der Waals surface area contributed by atoms with Crippen LogP contribution in [0, 0.1) is 6.92 Å². The fourth-order valence-electron chi connectivity index (χ4n) is 1.75. The molecule has 0 heterocycles. The second-order valence-corrected chi connectivity index (χ2v) is 7.21. The van der Waals surface area contributed by atoms with E-state index in [0.29, 0.717) is 12.2 Å². The second kappa shape index (κ2) is 7.77. The van der Waals surface area contributed by atoms with Gasteiger partial charge in [-0.05, 0) is 49.5 Å². The largest absolute Gasteiger partial charge is 0.398 e. The molecule has 0 saturated carbocycles. The molecule has 0 aliphatic heterocycles. The van der Waals surface area contributed by atoms with Crippen LogP contribution in [0.4, 0.5) is 5.69 Å². The lowest BCUT2D eigenvalue weighted by molar-refractivity contribution is 0.576. The van der Waals surface area contributed by atoms with Gasteiger partial charge in [0.1, 0.15) is 4.90 Å². The predicted octanol–water partition coefficient (Wildman–Crippen LogP) is 2.39. The molecular formula is C13H22N2O2S2. The molecule has 0 aliphatic carbocycles. The lowest BCUT2D eigenvalue weighted by atomic mass is 10.2. The summed E-state index contributed by atoms with van der Waals surface area (Å²) >= 11 is 1.81. The summed E-state index contributed by atoms with van der Waals surface area (Å²) in [6.07, 6.45) is 5.08. The van der Waals surface area contributed by atoms with Crippen LogP contribution in [-0.4, -0.2) is 27.0 Å². The quantitative estimate of drug-likeness (QED) is 0.571. The van der Waals surface area contributed by atoms with Crippen molar-refractivity contribution < 1.29 is 8.42 Å². The number of aryl methyl sites for hydroxylation is 1. The topological polar surface area (TPSA) is 72.2 Å². The smallest absolute Gasteiger partial charge is 0.242 e. The molecule has 0 atom stereocenters. The SMILES string of the molecule is CSCCCCCNS(=O)(=O)c1ccc(C)cc1N. The second-order valence-electron chi connectivity index (χ2n) is 4.49. The summed E-state index contributed by atoms with van der Waals surface area (Å²) in [5.74, 6) is 1.12. The van der Waals surface area contributed by atoms with Crippen LogP contribution in [0.2, 0.25) is 0 Å². The van der Waals surface area contributed by atoms with E-state index < -0.39 is 10.0 Å². The molecule has 108 valence electrons. The summed E-state index contributed by atoms with van der Waals surface area (Å²) in [5.41, 5.74) is 7.01. The number of nitrogens with two attached hydrogens (primary N) is 1. The third-order valence-corrected chi connectivity index (χ3v) is 5.00. The van der Waals surface area contributed by atoms with E-state index in [1.54, 1.807) is 18.2 Å². The van der Waals surface area contributed by atoms with Crippen LogP contribution in [0.5, 0.6) is 0 Å². The number of anilines is 1. The number of hydrogen-bond donors (Lipinski definition) is 2. The summed E-state index contributed by atoms with van der Waals surface area (Å²) in [7, 11) is -3.48. The van der Waals surface area contributed by atoms with E-state index in [0.717, 1.165) is 30.6 Å². The van der Waals surface area contributed by atoms with Crippen molar-refractivity contribution in [3.8, 4) is 0 Å². The zero-order chi connectivity index (χ0) is 14.3. The van der Waals surface area contributed by atoms with Crippen LogP contribution < -0.4 is 10.5 Å². The fraction of sp³-hybridized carbons (Fsp3) is 0.538. The molecule has 0 fully saturated rings.